The topological polar surface area (TPSA) is 97.5 Å². The average molecular weight is 593 g/mol. The van der Waals surface area contributed by atoms with E-state index in [0.717, 1.165) is 21.7 Å². The number of hydrogen-bond donors (Lipinski definition) is 0. The van der Waals surface area contributed by atoms with Crippen molar-refractivity contribution >= 4 is 29.5 Å². The Balaban J connectivity index is 1.53. The van der Waals surface area contributed by atoms with Crippen molar-refractivity contribution in [1.29, 1.82) is 5.26 Å². The van der Waals surface area contributed by atoms with E-state index in [9.17, 15) is 14.9 Å². The van der Waals surface area contributed by atoms with Crippen LogP contribution in [0.1, 0.15) is 24.5 Å². The molecule has 0 radical (unpaired) electrons. The van der Waals surface area contributed by atoms with Gasteiger partial charge in [0.05, 0.1) is 11.4 Å². The van der Waals surface area contributed by atoms with Gasteiger partial charge in [-0.3, -0.25) is 14.5 Å². The zero-order valence-corrected chi connectivity index (χ0v) is 24.5. The molecule has 0 bridgehead atoms. The Morgan fingerprint density at radius 2 is 1.70 bits per heavy atom. The smallest absolute Gasteiger partial charge is 0.271 e. The first-order chi connectivity index (χ1) is 20.9. The summed E-state index contributed by atoms with van der Waals surface area (Å²) in [5.41, 5.74) is 4.34. The lowest BCUT2D eigenvalue weighted by Crippen LogP contribution is -2.43. The van der Waals surface area contributed by atoms with Gasteiger partial charge in [0, 0.05) is 53.7 Å². The summed E-state index contributed by atoms with van der Waals surface area (Å²) in [5.74, 6) is -0.388. The molecule has 1 aromatic heterocycles. The molecule has 0 saturated carbocycles. The van der Waals surface area contributed by atoms with E-state index in [1.165, 1.54) is 0 Å². The molecular weight excluding hydrogens is 564 g/mol. The van der Waals surface area contributed by atoms with E-state index in [-0.39, 0.29) is 17.7 Å². The largest absolute Gasteiger partial charge is 0.489 e. The third-order valence-corrected chi connectivity index (χ3v) is 7.47. The fourth-order valence-electron chi connectivity index (χ4n) is 4.77. The number of carbonyl (C=O) groups excluding carboxylic acids is 2. The molecule has 3 aromatic carbocycles. The lowest BCUT2D eigenvalue weighted by atomic mass is 9.93. The minimum absolute atomic E-state index is 0.0553. The van der Waals surface area contributed by atoms with Gasteiger partial charge in [-0.2, -0.15) is 10.4 Å². The average Bonchev–Trinajstić information content (AvgIpc) is 3.45. The van der Waals surface area contributed by atoms with E-state index < -0.39 is 11.8 Å². The molecular formula is C34H29ClN4O4. The fraction of sp³-hybridized carbons (Fsp3) is 0.176. The SMILES string of the molecule is COCCCN1C(=O)C(C#N)=C(C)/C(=C\c2cn(-c3ccccc3)nc2-c2ccc(OCc3ccccc3Cl)cc2)C1=O. The molecule has 43 heavy (non-hydrogen) atoms. The Morgan fingerprint density at radius 3 is 2.40 bits per heavy atom. The van der Waals surface area contributed by atoms with Gasteiger partial charge in [0.1, 0.15) is 24.0 Å². The highest BCUT2D eigenvalue weighted by molar-refractivity contribution is 6.31. The van der Waals surface area contributed by atoms with Crippen molar-refractivity contribution in [3.05, 3.63) is 118 Å². The third-order valence-electron chi connectivity index (χ3n) is 7.10. The summed E-state index contributed by atoms with van der Waals surface area (Å²) in [6.45, 7) is 2.48. The van der Waals surface area contributed by atoms with E-state index in [4.69, 9.17) is 26.2 Å². The first-order valence-electron chi connectivity index (χ1n) is 13.7. The molecule has 5 rings (SSSR count). The van der Waals surface area contributed by atoms with Crippen LogP contribution in [-0.4, -0.2) is 46.8 Å². The number of rotatable bonds is 10. The van der Waals surface area contributed by atoms with Crippen molar-refractivity contribution in [2.24, 2.45) is 0 Å². The number of aromatic nitrogens is 2. The molecule has 0 aliphatic carbocycles. The molecule has 0 fully saturated rings. The Kier molecular flexibility index (Phi) is 9.16. The second-order valence-corrected chi connectivity index (χ2v) is 10.3. The number of para-hydroxylation sites is 1. The number of carbonyl (C=O) groups is 2. The predicted octanol–water partition coefficient (Wildman–Crippen LogP) is 6.40. The molecule has 8 nitrogen and oxygen atoms in total. The molecule has 4 aromatic rings. The maximum absolute atomic E-state index is 13.6. The number of benzene rings is 3. The Hall–Kier alpha value is -4.97. The Labute approximate surface area is 255 Å². The van der Waals surface area contributed by atoms with Gasteiger partial charge in [0.25, 0.3) is 11.8 Å². The van der Waals surface area contributed by atoms with Crippen LogP contribution < -0.4 is 4.74 Å². The number of ether oxygens (including phenoxy) is 2. The monoisotopic (exact) mass is 592 g/mol. The quantitative estimate of drug-likeness (QED) is 0.120. The number of hydrogen-bond acceptors (Lipinski definition) is 6. The Morgan fingerprint density at radius 1 is 0.977 bits per heavy atom. The van der Waals surface area contributed by atoms with Crippen LogP contribution in [0.15, 0.2) is 102 Å². The predicted molar refractivity (Wildman–Crippen MR) is 164 cm³/mol. The number of methoxy groups -OCH3 is 1. The molecule has 1 aliphatic heterocycles. The van der Waals surface area contributed by atoms with Crippen molar-refractivity contribution in [2.45, 2.75) is 20.0 Å². The first-order valence-corrected chi connectivity index (χ1v) is 14.1. The number of imide groups is 1. The normalized spacial score (nSPS) is 14.4. The van der Waals surface area contributed by atoms with Crippen LogP contribution in [0.2, 0.25) is 5.02 Å². The summed E-state index contributed by atoms with van der Waals surface area (Å²) in [7, 11) is 1.55. The molecule has 9 heteroatoms. The highest BCUT2D eigenvalue weighted by atomic mass is 35.5. The van der Waals surface area contributed by atoms with Gasteiger partial charge in [-0.25, -0.2) is 4.68 Å². The fourth-order valence-corrected chi connectivity index (χ4v) is 4.96. The molecule has 0 saturated heterocycles. The third kappa shape index (κ3) is 6.44. The van der Waals surface area contributed by atoms with E-state index in [0.29, 0.717) is 47.2 Å². The first kappa shape index (κ1) is 29.5. The lowest BCUT2D eigenvalue weighted by molar-refractivity contribution is -0.140. The number of nitriles is 1. The standard InChI is InChI=1S/C34H29ClN4O4/c1-23-29(33(40)38(17-8-18-42-2)34(41)30(23)20-36)19-26-21-39(27-10-4-3-5-11-27)37-32(26)24-13-15-28(16-14-24)43-22-25-9-6-7-12-31(25)35/h3-7,9-16,19,21H,8,17-18,22H2,1-2H3/b29-19+. The molecule has 0 N–H and O–H groups in total. The molecule has 216 valence electrons. The van der Waals surface area contributed by atoms with Gasteiger partial charge in [-0.1, -0.05) is 48.0 Å². The second kappa shape index (κ2) is 13.3. The summed E-state index contributed by atoms with van der Waals surface area (Å²) in [5, 5.41) is 15.3. The van der Waals surface area contributed by atoms with Crippen LogP contribution in [0.4, 0.5) is 0 Å². The van der Waals surface area contributed by atoms with Crippen LogP contribution in [0, 0.1) is 11.3 Å². The minimum atomic E-state index is -0.592. The van der Waals surface area contributed by atoms with Gasteiger partial charge in [-0.05, 0) is 67.5 Å². The lowest BCUT2D eigenvalue weighted by Gasteiger charge is -2.27. The minimum Gasteiger partial charge on any atom is -0.489 e. The summed E-state index contributed by atoms with van der Waals surface area (Å²) in [6, 6.07) is 26.6. The van der Waals surface area contributed by atoms with Crippen LogP contribution >= 0.6 is 11.6 Å². The Bertz CT molecular complexity index is 1750. The van der Waals surface area contributed by atoms with Crippen LogP contribution in [0.3, 0.4) is 0 Å². The maximum Gasteiger partial charge on any atom is 0.271 e. The molecule has 0 atom stereocenters. The molecule has 0 spiro atoms. The van der Waals surface area contributed by atoms with Gasteiger partial charge >= 0.3 is 0 Å². The number of halogens is 1. The molecule has 0 unspecified atom stereocenters. The van der Waals surface area contributed by atoms with Gasteiger partial charge in [-0.15, -0.1) is 0 Å². The zero-order chi connectivity index (χ0) is 30.3. The molecule has 1 aliphatic rings. The summed E-state index contributed by atoms with van der Waals surface area (Å²) >= 11 is 6.27. The maximum atomic E-state index is 13.6. The van der Waals surface area contributed by atoms with Crippen molar-refractivity contribution in [3.63, 3.8) is 0 Å². The van der Waals surface area contributed by atoms with Crippen molar-refractivity contribution in [2.75, 3.05) is 20.3 Å². The summed E-state index contributed by atoms with van der Waals surface area (Å²) < 4.78 is 12.8. The van der Waals surface area contributed by atoms with Crippen LogP contribution in [-0.2, 0) is 20.9 Å². The highest BCUT2D eigenvalue weighted by Gasteiger charge is 2.35. The summed E-state index contributed by atoms with van der Waals surface area (Å²) in [4.78, 5) is 27.7. The van der Waals surface area contributed by atoms with E-state index in [2.05, 4.69) is 0 Å². The van der Waals surface area contributed by atoms with Crippen molar-refractivity contribution in [3.8, 4) is 28.8 Å². The molecule has 2 heterocycles. The van der Waals surface area contributed by atoms with Gasteiger partial charge in [0.2, 0.25) is 0 Å². The van der Waals surface area contributed by atoms with E-state index in [1.807, 2.05) is 91.1 Å². The highest BCUT2D eigenvalue weighted by Crippen LogP contribution is 2.32. The van der Waals surface area contributed by atoms with Gasteiger partial charge in [0.15, 0.2) is 0 Å². The summed E-state index contributed by atoms with van der Waals surface area (Å²) in [6.07, 6.45) is 3.99. The molecule has 2 amide bonds. The van der Waals surface area contributed by atoms with E-state index >= 15 is 0 Å². The zero-order valence-electron chi connectivity index (χ0n) is 23.8. The van der Waals surface area contributed by atoms with Crippen molar-refractivity contribution < 1.29 is 19.1 Å². The number of nitrogens with zero attached hydrogens (tertiary/aromatic N) is 4. The second-order valence-electron chi connectivity index (χ2n) is 9.90. The van der Waals surface area contributed by atoms with Crippen molar-refractivity contribution in [1.82, 2.24) is 14.7 Å². The van der Waals surface area contributed by atoms with Gasteiger partial charge < -0.3 is 9.47 Å². The van der Waals surface area contributed by atoms with E-state index in [1.54, 1.807) is 24.8 Å². The number of amides is 2. The van der Waals surface area contributed by atoms with Crippen LogP contribution in [0.5, 0.6) is 5.75 Å². The van der Waals surface area contributed by atoms with Crippen LogP contribution in [0.25, 0.3) is 23.0 Å².